The first-order valence-corrected chi connectivity index (χ1v) is 4.80. The van der Waals surface area contributed by atoms with E-state index in [0.717, 1.165) is 18.9 Å². The van der Waals surface area contributed by atoms with Crippen LogP contribution < -0.4 is 5.32 Å². The van der Waals surface area contributed by atoms with Gasteiger partial charge in [0.2, 0.25) is 0 Å². The second kappa shape index (κ2) is 5.03. The van der Waals surface area contributed by atoms with Crippen molar-refractivity contribution in [2.45, 2.75) is 26.8 Å². The lowest BCUT2D eigenvalue weighted by molar-refractivity contribution is -0.612. The third-order valence-electron chi connectivity index (χ3n) is 2.00. The zero-order valence-corrected chi connectivity index (χ0v) is 8.51. The van der Waals surface area contributed by atoms with Crippen LogP contribution in [0.5, 0.6) is 0 Å². The molecule has 13 heavy (non-hydrogen) atoms. The van der Waals surface area contributed by atoms with Gasteiger partial charge in [-0.05, 0) is 17.9 Å². The van der Waals surface area contributed by atoms with E-state index in [1.54, 1.807) is 0 Å². The molecule has 1 aromatic carbocycles. The Morgan fingerprint density at radius 3 is 2.15 bits per heavy atom. The van der Waals surface area contributed by atoms with E-state index in [0.29, 0.717) is 0 Å². The molecule has 71 valence electrons. The second-order valence-corrected chi connectivity index (χ2v) is 3.84. The van der Waals surface area contributed by atoms with E-state index in [4.69, 9.17) is 0 Å². The van der Waals surface area contributed by atoms with Crippen molar-refractivity contribution in [2.24, 2.45) is 5.92 Å². The van der Waals surface area contributed by atoms with Crippen molar-refractivity contribution >= 4 is 0 Å². The van der Waals surface area contributed by atoms with Crippen molar-refractivity contribution < 1.29 is 5.32 Å². The first kappa shape index (κ1) is 10.3. The van der Waals surface area contributed by atoms with E-state index < -0.39 is 0 Å². The fourth-order valence-electron chi connectivity index (χ4n) is 1.41. The average Bonchev–Trinajstić information content (AvgIpc) is 2.08. The Kier molecular flexibility index (Phi) is 3.97. The molecule has 0 aliphatic heterocycles. The lowest BCUT2D eigenvalue weighted by Gasteiger charge is -2.05. The monoisotopic (exact) mass is 176 g/mol. The summed E-state index contributed by atoms with van der Waals surface area (Å²) in [5.74, 6) is 0.733. The van der Waals surface area contributed by atoms with Crippen molar-refractivity contribution in [1.29, 1.82) is 0 Å². The highest BCUT2D eigenvalue weighted by molar-refractivity contribution is 5.22. The quantitative estimate of drug-likeness (QED) is 0.669. The van der Waals surface area contributed by atoms with E-state index in [-0.39, 0.29) is 0 Å². The molecule has 0 unspecified atom stereocenters. The summed E-state index contributed by atoms with van der Waals surface area (Å²) in [5, 5.41) is 2.89. The molecule has 1 N–H and O–H groups in total. The topological polar surface area (TPSA) is 15.6 Å². The summed E-state index contributed by atoms with van der Waals surface area (Å²) >= 11 is 0. The van der Waals surface area contributed by atoms with Gasteiger partial charge in [-0.15, -0.1) is 7.05 Å². The normalized spacial score (nSPS) is 10.8. The number of benzene rings is 1. The van der Waals surface area contributed by atoms with E-state index in [9.17, 15) is 0 Å². The maximum absolute atomic E-state index is 3.60. The van der Waals surface area contributed by atoms with Crippen molar-refractivity contribution in [3.05, 3.63) is 42.4 Å². The van der Waals surface area contributed by atoms with Crippen LogP contribution in [0.25, 0.3) is 0 Å². The van der Waals surface area contributed by atoms with Crippen molar-refractivity contribution in [3.8, 4) is 0 Å². The van der Waals surface area contributed by atoms with Crippen LogP contribution in [0.3, 0.4) is 0 Å². The Labute approximate surface area is 81.2 Å². The molecule has 0 bridgehead atoms. The van der Waals surface area contributed by atoms with Gasteiger partial charge in [-0.2, -0.15) is 0 Å². The predicted octanol–water partition coefficient (Wildman–Crippen LogP) is 1.53. The van der Waals surface area contributed by atoms with Gasteiger partial charge in [-0.3, -0.25) is 0 Å². The highest BCUT2D eigenvalue weighted by atomic mass is 14.8. The number of rotatable bonds is 4. The number of hydrogen-bond donors (Lipinski definition) is 1. The van der Waals surface area contributed by atoms with Gasteiger partial charge in [0.1, 0.15) is 6.54 Å². The third kappa shape index (κ3) is 3.60. The van der Waals surface area contributed by atoms with E-state index >= 15 is 0 Å². The third-order valence-corrected chi connectivity index (χ3v) is 2.00. The van der Waals surface area contributed by atoms with Gasteiger partial charge in [0, 0.05) is 5.56 Å². The molecular formula is C12H18N. The summed E-state index contributed by atoms with van der Waals surface area (Å²) in [5.41, 5.74) is 2.71. The Morgan fingerprint density at radius 1 is 1.15 bits per heavy atom. The SMILES string of the molecule is [CH2-][NH+]Cc1ccc(CC(C)C)cc1. The minimum Gasteiger partial charge on any atom is -0.331 e. The Hall–Kier alpha value is -0.820. The number of hydrogen-bond acceptors (Lipinski definition) is 1. The minimum atomic E-state index is 0.733. The van der Waals surface area contributed by atoms with Gasteiger partial charge in [-0.1, -0.05) is 38.1 Å². The Balaban J connectivity index is 2.59. The summed E-state index contributed by atoms with van der Waals surface area (Å²) in [4.78, 5) is 0. The molecule has 1 heteroatoms. The van der Waals surface area contributed by atoms with Crippen molar-refractivity contribution in [2.75, 3.05) is 0 Å². The fraction of sp³-hybridized carbons (Fsp3) is 0.417. The molecule has 0 aromatic heterocycles. The summed E-state index contributed by atoms with van der Waals surface area (Å²) in [6.07, 6.45) is 1.16. The minimum absolute atomic E-state index is 0.733. The van der Waals surface area contributed by atoms with Gasteiger partial charge in [0.25, 0.3) is 0 Å². The largest absolute Gasteiger partial charge is 0.331 e. The van der Waals surface area contributed by atoms with Gasteiger partial charge in [-0.25, -0.2) is 0 Å². The maximum Gasteiger partial charge on any atom is 0.118 e. The molecule has 1 radical (unpaired) electrons. The zero-order chi connectivity index (χ0) is 9.68. The summed E-state index contributed by atoms with van der Waals surface area (Å²) in [6, 6.07) is 8.73. The molecule has 0 saturated carbocycles. The smallest absolute Gasteiger partial charge is 0.118 e. The van der Waals surface area contributed by atoms with Crippen molar-refractivity contribution in [3.63, 3.8) is 0 Å². The summed E-state index contributed by atoms with van der Waals surface area (Å²) in [7, 11) is 3.60. The molecule has 0 fully saturated rings. The molecule has 0 saturated heterocycles. The lowest BCUT2D eigenvalue weighted by Crippen LogP contribution is -2.74. The van der Waals surface area contributed by atoms with Gasteiger partial charge in [0.15, 0.2) is 0 Å². The highest BCUT2D eigenvalue weighted by Gasteiger charge is 1.98. The molecule has 0 spiro atoms. The van der Waals surface area contributed by atoms with Crippen LogP contribution in [0, 0.1) is 13.0 Å². The van der Waals surface area contributed by atoms with Crippen LogP contribution in [0.15, 0.2) is 24.3 Å². The first-order valence-electron chi connectivity index (χ1n) is 4.80. The molecule has 1 aromatic rings. The van der Waals surface area contributed by atoms with Crippen LogP contribution in [0.4, 0.5) is 0 Å². The Bertz CT molecular complexity index is 236. The van der Waals surface area contributed by atoms with E-state index in [2.05, 4.69) is 50.5 Å². The standard InChI is InChI=1S/C12H18N/c1-10(2)8-11-4-6-12(7-5-11)9-13-3/h4-7,10,13H,3,8-9H2,1-2H3. The van der Waals surface area contributed by atoms with Crippen molar-refractivity contribution in [1.82, 2.24) is 0 Å². The molecule has 0 atom stereocenters. The number of nitrogens with one attached hydrogen (secondary N) is 1. The second-order valence-electron chi connectivity index (χ2n) is 3.84. The molecule has 0 heterocycles. The van der Waals surface area contributed by atoms with Gasteiger partial charge < -0.3 is 5.32 Å². The van der Waals surface area contributed by atoms with Crippen LogP contribution in [0.2, 0.25) is 0 Å². The summed E-state index contributed by atoms with van der Waals surface area (Å²) < 4.78 is 0. The van der Waals surface area contributed by atoms with Crippen LogP contribution in [0.1, 0.15) is 25.0 Å². The molecule has 1 rings (SSSR count). The van der Waals surface area contributed by atoms with Crippen LogP contribution in [-0.2, 0) is 13.0 Å². The van der Waals surface area contributed by atoms with Gasteiger partial charge in [0.05, 0.1) is 0 Å². The highest BCUT2D eigenvalue weighted by Crippen LogP contribution is 2.08. The predicted molar refractivity (Wildman–Crippen MR) is 55.0 cm³/mol. The zero-order valence-electron chi connectivity index (χ0n) is 8.51. The molecule has 0 aliphatic rings. The molecular weight excluding hydrogens is 158 g/mol. The molecule has 0 amide bonds. The van der Waals surface area contributed by atoms with E-state index in [1.807, 2.05) is 0 Å². The van der Waals surface area contributed by atoms with Gasteiger partial charge >= 0.3 is 0 Å². The fourth-order valence-corrected chi connectivity index (χ4v) is 1.41. The summed E-state index contributed by atoms with van der Waals surface area (Å²) in [6.45, 7) is 5.33. The maximum atomic E-state index is 3.60. The van der Waals surface area contributed by atoms with E-state index in [1.165, 1.54) is 11.1 Å². The first-order chi connectivity index (χ1) is 6.22. The molecule has 1 nitrogen and oxygen atoms in total. The molecule has 0 aliphatic carbocycles. The lowest BCUT2D eigenvalue weighted by atomic mass is 10.0. The average molecular weight is 176 g/mol. The Morgan fingerprint density at radius 2 is 1.69 bits per heavy atom. The van der Waals surface area contributed by atoms with Crippen LogP contribution in [-0.4, -0.2) is 0 Å². The van der Waals surface area contributed by atoms with Crippen LogP contribution >= 0.6 is 0 Å².